The van der Waals surface area contributed by atoms with Crippen LogP contribution in [0.4, 0.5) is 0 Å². The largest absolute Gasteiger partial charge is 0.377 e. The van der Waals surface area contributed by atoms with Crippen molar-refractivity contribution >= 4 is 41.3 Å². The summed E-state index contributed by atoms with van der Waals surface area (Å²) in [4.78, 5) is 5.99. The lowest BCUT2D eigenvalue weighted by molar-refractivity contribution is 0.133. The summed E-state index contributed by atoms with van der Waals surface area (Å²) in [6.07, 6.45) is 0. The van der Waals surface area contributed by atoms with Gasteiger partial charge in [-0.25, -0.2) is 4.99 Å². The molecule has 0 bridgehead atoms. The Labute approximate surface area is 165 Å². The number of hydrogen-bond donors (Lipinski definition) is 2. The van der Waals surface area contributed by atoms with E-state index in [4.69, 9.17) is 9.73 Å². The van der Waals surface area contributed by atoms with Crippen LogP contribution in [-0.4, -0.2) is 19.1 Å². The number of thiophene rings is 1. The van der Waals surface area contributed by atoms with Crippen LogP contribution in [0.5, 0.6) is 0 Å². The van der Waals surface area contributed by atoms with Crippen LogP contribution in [0.2, 0.25) is 0 Å². The van der Waals surface area contributed by atoms with Gasteiger partial charge in [0.25, 0.3) is 0 Å². The van der Waals surface area contributed by atoms with Crippen molar-refractivity contribution in [2.75, 3.05) is 13.2 Å². The van der Waals surface area contributed by atoms with Gasteiger partial charge in [-0.2, -0.15) is 0 Å². The smallest absolute Gasteiger partial charge is 0.191 e. The molecule has 2 aromatic rings. The molecular formula is C18H26IN3OS. The van der Waals surface area contributed by atoms with E-state index in [1.54, 1.807) is 11.3 Å². The summed E-state index contributed by atoms with van der Waals surface area (Å²) in [5.41, 5.74) is 2.40. The maximum atomic E-state index is 5.53. The summed E-state index contributed by atoms with van der Waals surface area (Å²) in [6.45, 7) is 7.73. The first-order valence-electron chi connectivity index (χ1n) is 8.02. The van der Waals surface area contributed by atoms with Crippen LogP contribution in [-0.2, 0) is 24.4 Å². The Kier molecular flexibility index (Phi) is 10.7. The van der Waals surface area contributed by atoms with E-state index in [0.29, 0.717) is 13.2 Å². The molecular weight excluding hydrogens is 433 g/mol. The maximum Gasteiger partial charge on any atom is 0.191 e. The Balaban J connectivity index is 0.00000288. The average molecular weight is 459 g/mol. The number of halogens is 1. The normalized spacial score (nSPS) is 11.0. The molecule has 0 atom stereocenters. The summed E-state index contributed by atoms with van der Waals surface area (Å²) in [6, 6.07) is 12.5. The number of nitrogens with zero attached hydrogens (tertiary/aromatic N) is 1. The summed E-state index contributed by atoms with van der Waals surface area (Å²) < 4.78 is 5.53. The quantitative estimate of drug-likeness (QED) is 0.354. The molecule has 0 radical (unpaired) electrons. The first-order valence-corrected chi connectivity index (χ1v) is 8.90. The summed E-state index contributed by atoms with van der Waals surface area (Å²) in [5, 5.41) is 8.75. The van der Waals surface area contributed by atoms with Crippen LogP contribution in [0.25, 0.3) is 0 Å². The van der Waals surface area contributed by atoms with Gasteiger partial charge in [0.2, 0.25) is 0 Å². The van der Waals surface area contributed by atoms with Crippen molar-refractivity contribution in [3.8, 4) is 0 Å². The van der Waals surface area contributed by atoms with Crippen LogP contribution in [0.15, 0.2) is 46.8 Å². The molecule has 0 fully saturated rings. The lowest BCUT2D eigenvalue weighted by Crippen LogP contribution is -2.36. The van der Waals surface area contributed by atoms with Crippen molar-refractivity contribution in [3.63, 3.8) is 0 Å². The average Bonchev–Trinajstić information content (AvgIpc) is 3.09. The number of benzene rings is 1. The lowest BCUT2D eigenvalue weighted by Gasteiger charge is -2.12. The molecule has 0 spiro atoms. The molecule has 0 amide bonds. The Morgan fingerprint density at radius 3 is 2.54 bits per heavy atom. The van der Waals surface area contributed by atoms with E-state index >= 15 is 0 Å². The zero-order valence-electron chi connectivity index (χ0n) is 14.2. The molecule has 0 aliphatic rings. The van der Waals surface area contributed by atoms with Crippen LogP contribution in [0.3, 0.4) is 0 Å². The third-order valence-electron chi connectivity index (χ3n) is 3.34. The second-order valence-electron chi connectivity index (χ2n) is 5.03. The van der Waals surface area contributed by atoms with Gasteiger partial charge >= 0.3 is 0 Å². The number of guanidine groups is 1. The van der Waals surface area contributed by atoms with Gasteiger partial charge in [0, 0.05) is 18.0 Å². The van der Waals surface area contributed by atoms with Crippen molar-refractivity contribution < 1.29 is 4.74 Å². The van der Waals surface area contributed by atoms with E-state index in [2.05, 4.69) is 47.2 Å². The van der Waals surface area contributed by atoms with Crippen LogP contribution in [0.1, 0.15) is 29.9 Å². The van der Waals surface area contributed by atoms with Crippen LogP contribution in [0, 0.1) is 0 Å². The van der Waals surface area contributed by atoms with Crippen LogP contribution >= 0.6 is 35.3 Å². The van der Waals surface area contributed by atoms with Gasteiger partial charge in [-0.3, -0.25) is 0 Å². The molecule has 1 heterocycles. The highest BCUT2D eigenvalue weighted by atomic mass is 127. The van der Waals surface area contributed by atoms with E-state index in [1.807, 2.05) is 19.1 Å². The second kappa shape index (κ2) is 12.3. The number of aliphatic imine (C=N–C) groups is 1. The van der Waals surface area contributed by atoms with E-state index in [9.17, 15) is 0 Å². The summed E-state index contributed by atoms with van der Waals surface area (Å²) >= 11 is 1.75. The van der Waals surface area contributed by atoms with Crippen molar-refractivity contribution in [2.24, 2.45) is 4.99 Å². The fraction of sp³-hybridized carbons (Fsp3) is 0.389. The van der Waals surface area contributed by atoms with Gasteiger partial charge < -0.3 is 15.4 Å². The highest BCUT2D eigenvalue weighted by Crippen LogP contribution is 2.12. The Morgan fingerprint density at radius 2 is 1.88 bits per heavy atom. The molecule has 2 rings (SSSR count). The van der Waals surface area contributed by atoms with Crippen molar-refractivity contribution in [2.45, 2.75) is 33.5 Å². The standard InChI is InChI=1S/C18H25N3OS.HI/c1-3-19-18(21-13-17-10-7-11-23-17)20-12-15-8-5-6-9-16(15)14-22-4-2;/h5-11H,3-4,12-14H2,1-2H3,(H2,19,20,21);1H. The second-order valence-corrected chi connectivity index (χ2v) is 6.07. The lowest BCUT2D eigenvalue weighted by atomic mass is 10.1. The maximum absolute atomic E-state index is 5.53. The monoisotopic (exact) mass is 459 g/mol. The zero-order chi connectivity index (χ0) is 16.3. The number of ether oxygens (including phenoxy) is 1. The van der Waals surface area contributed by atoms with Gasteiger partial charge in [-0.15, -0.1) is 35.3 Å². The minimum atomic E-state index is 0. The zero-order valence-corrected chi connectivity index (χ0v) is 17.4. The fourth-order valence-corrected chi connectivity index (χ4v) is 2.80. The predicted molar refractivity (Wildman–Crippen MR) is 113 cm³/mol. The molecule has 24 heavy (non-hydrogen) atoms. The van der Waals surface area contributed by atoms with Crippen molar-refractivity contribution in [1.29, 1.82) is 0 Å². The number of nitrogens with one attached hydrogen (secondary N) is 2. The Hall–Kier alpha value is -1.12. The van der Waals surface area contributed by atoms with Gasteiger partial charge in [-0.05, 0) is 36.4 Å². The molecule has 1 aromatic carbocycles. The first-order chi connectivity index (χ1) is 11.3. The van der Waals surface area contributed by atoms with Gasteiger partial charge in [0.15, 0.2) is 5.96 Å². The summed E-state index contributed by atoms with van der Waals surface area (Å²) in [7, 11) is 0. The number of hydrogen-bond acceptors (Lipinski definition) is 3. The highest BCUT2D eigenvalue weighted by molar-refractivity contribution is 14.0. The molecule has 1 aromatic heterocycles. The summed E-state index contributed by atoms with van der Waals surface area (Å²) in [5.74, 6) is 0.840. The third-order valence-corrected chi connectivity index (χ3v) is 4.22. The van der Waals surface area contributed by atoms with Gasteiger partial charge in [0.05, 0.1) is 19.7 Å². The molecule has 0 aliphatic carbocycles. The van der Waals surface area contributed by atoms with E-state index in [1.165, 1.54) is 16.0 Å². The molecule has 132 valence electrons. The molecule has 4 nitrogen and oxygen atoms in total. The molecule has 2 N–H and O–H groups in total. The molecule has 0 saturated carbocycles. The van der Waals surface area contributed by atoms with Crippen molar-refractivity contribution in [3.05, 3.63) is 57.8 Å². The number of rotatable bonds is 8. The molecule has 0 saturated heterocycles. The highest BCUT2D eigenvalue weighted by Gasteiger charge is 2.03. The third kappa shape index (κ3) is 7.19. The minimum absolute atomic E-state index is 0. The Bertz CT molecular complexity index is 602. The van der Waals surface area contributed by atoms with E-state index in [-0.39, 0.29) is 24.0 Å². The topological polar surface area (TPSA) is 45.7 Å². The van der Waals surface area contributed by atoms with E-state index < -0.39 is 0 Å². The molecule has 6 heteroatoms. The Morgan fingerprint density at radius 1 is 1.08 bits per heavy atom. The van der Waals surface area contributed by atoms with Crippen molar-refractivity contribution in [1.82, 2.24) is 10.6 Å². The van der Waals surface area contributed by atoms with Gasteiger partial charge in [-0.1, -0.05) is 30.3 Å². The first kappa shape index (κ1) is 20.9. The molecule has 0 aliphatic heterocycles. The van der Waals surface area contributed by atoms with Gasteiger partial charge in [0.1, 0.15) is 0 Å². The predicted octanol–water partition coefficient (Wildman–Crippen LogP) is 4.16. The van der Waals surface area contributed by atoms with Crippen LogP contribution < -0.4 is 10.6 Å². The SMILES string of the molecule is CCNC(=NCc1ccccc1COCC)NCc1cccs1.I. The fourth-order valence-electron chi connectivity index (χ4n) is 2.15. The molecule has 0 unspecified atom stereocenters. The van der Waals surface area contributed by atoms with E-state index in [0.717, 1.165) is 25.7 Å². The minimum Gasteiger partial charge on any atom is -0.377 e.